The van der Waals surface area contributed by atoms with Crippen LogP contribution in [-0.2, 0) is 17.6 Å². The molecule has 0 fully saturated rings. The predicted octanol–water partition coefficient (Wildman–Crippen LogP) is 4.33. The molecule has 0 aromatic heterocycles. The van der Waals surface area contributed by atoms with E-state index >= 15 is 0 Å². The lowest BCUT2D eigenvalue weighted by atomic mass is 9.83. The minimum Gasteiger partial charge on any atom is -0.325 e. The van der Waals surface area contributed by atoms with Gasteiger partial charge in [0.05, 0.1) is 5.69 Å². The molecule has 21 heavy (non-hydrogen) atoms. The molecule has 0 saturated heterocycles. The summed E-state index contributed by atoms with van der Waals surface area (Å²) in [6.07, 6.45) is 2.49. The molecule has 4 heteroatoms. The van der Waals surface area contributed by atoms with Crippen molar-refractivity contribution in [3.05, 3.63) is 63.9 Å². The molecule has 1 N–H and O–H groups in total. The molecular weight excluding hydrogens is 333 g/mol. The molecule has 1 amide bonds. The molecule has 0 bridgehead atoms. The van der Waals surface area contributed by atoms with Gasteiger partial charge in [-0.05, 0) is 64.5 Å². The molecule has 1 atom stereocenters. The van der Waals surface area contributed by atoms with Crippen LogP contribution in [-0.4, -0.2) is 5.91 Å². The van der Waals surface area contributed by atoms with Crippen molar-refractivity contribution < 1.29 is 9.18 Å². The van der Waals surface area contributed by atoms with Gasteiger partial charge in [0, 0.05) is 10.4 Å². The third-order valence-corrected chi connectivity index (χ3v) is 4.60. The van der Waals surface area contributed by atoms with Crippen molar-refractivity contribution in [1.29, 1.82) is 0 Å². The Morgan fingerprint density at radius 3 is 2.76 bits per heavy atom. The minimum absolute atomic E-state index is 0.0456. The average molecular weight is 348 g/mol. The Balaban J connectivity index is 1.74. The standard InChI is InChI=1S/C17H15BrFNO/c18-15-8-7-14(19)10-16(15)20-17(21)13-6-5-11-3-1-2-4-12(11)9-13/h1-4,7-8,10,13H,5-6,9H2,(H,20,21). The number of rotatable bonds is 2. The number of halogens is 2. The largest absolute Gasteiger partial charge is 0.325 e. The second-order valence-electron chi connectivity index (χ2n) is 5.32. The number of hydrogen-bond acceptors (Lipinski definition) is 1. The molecule has 0 aliphatic heterocycles. The van der Waals surface area contributed by atoms with E-state index in [9.17, 15) is 9.18 Å². The lowest BCUT2D eigenvalue weighted by Gasteiger charge is -2.24. The van der Waals surface area contributed by atoms with Gasteiger partial charge in [0.1, 0.15) is 5.82 Å². The number of nitrogens with one attached hydrogen (secondary N) is 1. The Bertz CT molecular complexity index is 686. The SMILES string of the molecule is O=C(Nc1cc(F)ccc1Br)C1CCc2ccccc2C1. The van der Waals surface area contributed by atoms with Gasteiger partial charge in [-0.15, -0.1) is 0 Å². The fraction of sp³-hybridized carbons (Fsp3) is 0.235. The Morgan fingerprint density at radius 1 is 1.19 bits per heavy atom. The second kappa shape index (κ2) is 5.98. The van der Waals surface area contributed by atoms with Crippen molar-refractivity contribution in [2.45, 2.75) is 19.3 Å². The van der Waals surface area contributed by atoms with Crippen LogP contribution in [0.3, 0.4) is 0 Å². The summed E-state index contributed by atoms with van der Waals surface area (Å²) in [6, 6.07) is 12.5. The number of anilines is 1. The summed E-state index contributed by atoms with van der Waals surface area (Å²) in [4.78, 5) is 12.4. The first-order valence-electron chi connectivity index (χ1n) is 6.96. The maximum absolute atomic E-state index is 13.3. The quantitative estimate of drug-likeness (QED) is 0.860. The lowest BCUT2D eigenvalue weighted by Crippen LogP contribution is -2.28. The molecule has 108 valence electrons. The van der Waals surface area contributed by atoms with E-state index in [0.717, 1.165) is 19.3 Å². The number of carbonyl (C=O) groups is 1. The molecule has 2 aromatic carbocycles. The van der Waals surface area contributed by atoms with Gasteiger partial charge in [0.25, 0.3) is 0 Å². The molecule has 0 spiro atoms. The Kier molecular flexibility index (Phi) is 4.06. The summed E-state index contributed by atoms with van der Waals surface area (Å²) in [7, 11) is 0. The van der Waals surface area contributed by atoms with Gasteiger partial charge in [0.2, 0.25) is 5.91 Å². The van der Waals surface area contributed by atoms with E-state index in [2.05, 4.69) is 33.4 Å². The van der Waals surface area contributed by atoms with Crippen molar-refractivity contribution in [2.24, 2.45) is 5.92 Å². The molecule has 1 aliphatic carbocycles. The summed E-state index contributed by atoms with van der Waals surface area (Å²) in [5.74, 6) is -0.464. The van der Waals surface area contributed by atoms with Crippen molar-refractivity contribution >= 4 is 27.5 Å². The van der Waals surface area contributed by atoms with E-state index in [4.69, 9.17) is 0 Å². The molecule has 2 aromatic rings. The predicted molar refractivity (Wildman–Crippen MR) is 84.7 cm³/mol. The first kappa shape index (κ1) is 14.3. The van der Waals surface area contributed by atoms with Crippen LogP contribution in [0.2, 0.25) is 0 Å². The number of carbonyl (C=O) groups excluding carboxylic acids is 1. The second-order valence-corrected chi connectivity index (χ2v) is 6.18. The summed E-state index contributed by atoms with van der Waals surface area (Å²) in [5.41, 5.74) is 3.05. The third kappa shape index (κ3) is 3.16. The maximum Gasteiger partial charge on any atom is 0.227 e. The zero-order chi connectivity index (χ0) is 14.8. The van der Waals surface area contributed by atoms with Gasteiger partial charge in [-0.25, -0.2) is 4.39 Å². The van der Waals surface area contributed by atoms with Gasteiger partial charge < -0.3 is 5.32 Å². The highest BCUT2D eigenvalue weighted by atomic mass is 79.9. The van der Waals surface area contributed by atoms with Crippen LogP contribution >= 0.6 is 15.9 Å². The normalized spacial score (nSPS) is 17.1. The van der Waals surface area contributed by atoms with Crippen molar-refractivity contribution in [3.8, 4) is 0 Å². The summed E-state index contributed by atoms with van der Waals surface area (Å²) >= 11 is 3.33. The third-order valence-electron chi connectivity index (χ3n) is 3.90. The maximum atomic E-state index is 13.3. The summed E-state index contributed by atoms with van der Waals surface area (Å²) in [6.45, 7) is 0. The van der Waals surface area contributed by atoms with Gasteiger partial charge >= 0.3 is 0 Å². The van der Waals surface area contributed by atoms with Crippen LogP contribution in [0.1, 0.15) is 17.5 Å². The first-order chi connectivity index (χ1) is 10.1. The molecule has 3 rings (SSSR count). The number of amides is 1. The molecule has 1 aliphatic rings. The zero-order valence-electron chi connectivity index (χ0n) is 11.4. The smallest absolute Gasteiger partial charge is 0.227 e. The summed E-state index contributed by atoms with van der Waals surface area (Å²) in [5, 5.41) is 2.83. The van der Waals surface area contributed by atoms with E-state index in [1.165, 1.54) is 23.3 Å². The fourth-order valence-electron chi connectivity index (χ4n) is 2.75. The van der Waals surface area contributed by atoms with E-state index < -0.39 is 0 Å². The van der Waals surface area contributed by atoms with E-state index in [0.29, 0.717) is 10.2 Å². The van der Waals surface area contributed by atoms with E-state index in [1.54, 1.807) is 6.07 Å². The van der Waals surface area contributed by atoms with Gasteiger partial charge in [-0.2, -0.15) is 0 Å². The minimum atomic E-state index is -0.359. The number of benzene rings is 2. The van der Waals surface area contributed by atoms with Crippen LogP contribution in [0.4, 0.5) is 10.1 Å². The van der Waals surface area contributed by atoms with E-state index in [-0.39, 0.29) is 17.6 Å². The lowest BCUT2D eigenvalue weighted by molar-refractivity contribution is -0.120. The van der Waals surface area contributed by atoms with Crippen LogP contribution in [0.15, 0.2) is 46.9 Å². The monoisotopic (exact) mass is 347 g/mol. The molecule has 2 nitrogen and oxygen atoms in total. The van der Waals surface area contributed by atoms with Crippen molar-refractivity contribution in [3.63, 3.8) is 0 Å². The zero-order valence-corrected chi connectivity index (χ0v) is 13.0. The fourth-order valence-corrected chi connectivity index (χ4v) is 3.10. The average Bonchev–Trinajstić information content (AvgIpc) is 2.50. The van der Waals surface area contributed by atoms with Gasteiger partial charge in [-0.3, -0.25) is 4.79 Å². The molecule has 0 radical (unpaired) electrons. The number of fused-ring (bicyclic) bond motifs is 1. The van der Waals surface area contributed by atoms with Crippen LogP contribution in [0.5, 0.6) is 0 Å². The molecule has 0 saturated carbocycles. The van der Waals surface area contributed by atoms with Gasteiger partial charge in [-0.1, -0.05) is 24.3 Å². The highest BCUT2D eigenvalue weighted by Crippen LogP contribution is 2.28. The topological polar surface area (TPSA) is 29.1 Å². The Labute approximate surface area is 131 Å². The Hall–Kier alpha value is -1.68. The number of aryl methyl sites for hydroxylation is 1. The highest BCUT2D eigenvalue weighted by molar-refractivity contribution is 9.10. The first-order valence-corrected chi connectivity index (χ1v) is 7.75. The van der Waals surface area contributed by atoms with Crippen LogP contribution in [0.25, 0.3) is 0 Å². The Morgan fingerprint density at radius 2 is 1.95 bits per heavy atom. The van der Waals surface area contributed by atoms with Crippen molar-refractivity contribution in [1.82, 2.24) is 0 Å². The van der Waals surface area contributed by atoms with Crippen LogP contribution < -0.4 is 5.32 Å². The van der Waals surface area contributed by atoms with Gasteiger partial charge in [0.15, 0.2) is 0 Å². The van der Waals surface area contributed by atoms with E-state index in [1.807, 2.05) is 12.1 Å². The summed E-state index contributed by atoms with van der Waals surface area (Å²) < 4.78 is 14.0. The molecule has 1 unspecified atom stereocenters. The van der Waals surface area contributed by atoms with Crippen molar-refractivity contribution in [2.75, 3.05) is 5.32 Å². The number of hydrogen-bond donors (Lipinski definition) is 1. The highest BCUT2D eigenvalue weighted by Gasteiger charge is 2.24. The molecule has 0 heterocycles. The van der Waals surface area contributed by atoms with Crippen LogP contribution in [0, 0.1) is 11.7 Å². The molecular formula is C17H15BrFNO.